The molecule has 2 aromatic heterocycles. The van der Waals surface area contributed by atoms with Gasteiger partial charge in [-0.1, -0.05) is 0 Å². The molecule has 2 rings (SSSR count). The summed E-state index contributed by atoms with van der Waals surface area (Å²) in [7, 11) is 1.83. The molecule has 0 aliphatic carbocycles. The molecule has 19 heavy (non-hydrogen) atoms. The van der Waals surface area contributed by atoms with Gasteiger partial charge in [0, 0.05) is 19.3 Å². The van der Waals surface area contributed by atoms with E-state index in [1.54, 1.807) is 29.9 Å². The fourth-order valence-electron chi connectivity index (χ4n) is 1.43. The zero-order valence-electron chi connectivity index (χ0n) is 10.8. The van der Waals surface area contributed by atoms with Gasteiger partial charge in [-0.25, -0.2) is 10.5 Å². The molecule has 0 aliphatic heterocycles. The lowest BCUT2D eigenvalue weighted by molar-refractivity contribution is 0.0364. The molecular weight excluding hydrogens is 246 g/mol. The summed E-state index contributed by atoms with van der Waals surface area (Å²) < 4.78 is 1.69. The van der Waals surface area contributed by atoms with Gasteiger partial charge in [-0.05, 0) is 19.1 Å². The Hall–Kier alpha value is -2.41. The Morgan fingerprint density at radius 2 is 2.26 bits per heavy atom. The topological polar surface area (TPSA) is 81.1 Å². The highest BCUT2D eigenvalue weighted by molar-refractivity contribution is 5.93. The van der Waals surface area contributed by atoms with Crippen molar-refractivity contribution in [2.45, 2.75) is 6.92 Å². The van der Waals surface area contributed by atoms with Gasteiger partial charge in [-0.15, -0.1) is 0 Å². The number of pyridine rings is 1. The lowest BCUT2D eigenvalue weighted by atomic mass is 10.3. The normalized spacial score (nSPS) is 10.2. The van der Waals surface area contributed by atoms with Crippen LogP contribution in [-0.4, -0.2) is 27.3 Å². The first-order valence-corrected chi connectivity index (χ1v) is 5.84. The molecule has 0 aromatic carbocycles. The predicted octanol–water partition coefficient (Wildman–Crippen LogP) is 1.24. The molecule has 0 saturated carbocycles. The van der Waals surface area contributed by atoms with E-state index in [1.165, 1.54) is 6.20 Å². The summed E-state index contributed by atoms with van der Waals surface area (Å²) in [4.78, 5) is 20.6. The van der Waals surface area contributed by atoms with Crippen LogP contribution in [0, 0.1) is 0 Å². The van der Waals surface area contributed by atoms with Crippen molar-refractivity contribution in [1.29, 1.82) is 0 Å². The monoisotopic (exact) mass is 261 g/mol. The van der Waals surface area contributed by atoms with Crippen molar-refractivity contribution in [3.05, 3.63) is 36.2 Å². The first kappa shape index (κ1) is 13.0. The van der Waals surface area contributed by atoms with Gasteiger partial charge < -0.3 is 5.32 Å². The maximum Gasteiger partial charge on any atom is 0.276 e. The van der Waals surface area contributed by atoms with Crippen molar-refractivity contribution in [2.75, 3.05) is 11.9 Å². The number of aromatic nitrogens is 3. The van der Waals surface area contributed by atoms with Crippen molar-refractivity contribution in [3.63, 3.8) is 0 Å². The van der Waals surface area contributed by atoms with Crippen molar-refractivity contribution in [2.24, 2.45) is 7.05 Å². The van der Waals surface area contributed by atoms with E-state index in [9.17, 15) is 4.79 Å². The minimum absolute atomic E-state index is 0.318. The summed E-state index contributed by atoms with van der Waals surface area (Å²) in [6.45, 7) is 2.21. The van der Waals surface area contributed by atoms with Crippen molar-refractivity contribution < 1.29 is 9.63 Å². The number of nitrogens with zero attached hydrogens (tertiary/aromatic N) is 3. The average molecular weight is 261 g/mol. The molecule has 2 N–H and O–H groups in total. The Morgan fingerprint density at radius 1 is 1.42 bits per heavy atom. The number of hydroxylamine groups is 1. The number of carbonyl (C=O) groups is 1. The van der Waals surface area contributed by atoms with E-state index >= 15 is 0 Å². The third-order valence-electron chi connectivity index (χ3n) is 2.41. The van der Waals surface area contributed by atoms with Gasteiger partial charge in [-0.3, -0.25) is 14.3 Å². The Bertz CT molecular complexity index is 550. The first-order chi connectivity index (χ1) is 9.20. The number of hydrogen-bond donors (Lipinski definition) is 2. The van der Waals surface area contributed by atoms with Gasteiger partial charge in [0.25, 0.3) is 5.91 Å². The standard InChI is InChI=1S/C12H15N5O2/c1-3-19-16-12(18)9-4-5-10(13-8-9)15-11-6-7-14-17(11)2/h4-8H,3H2,1-2H3,(H,13,15)(H,16,18). The molecule has 7 nitrogen and oxygen atoms in total. The number of rotatable bonds is 5. The van der Waals surface area contributed by atoms with E-state index in [0.29, 0.717) is 18.0 Å². The molecule has 2 heterocycles. The van der Waals surface area contributed by atoms with Crippen LogP contribution >= 0.6 is 0 Å². The van der Waals surface area contributed by atoms with Crippen LogP contribution in [0.25, 0.3) is 0 Å². The van der Waals surface area contributed by atoms with Crippen LogP contribution < -0.4 is 10.8 Å². The average Bonchev–Trinajstić information content (AvgIpc) is 2.82. The largest absolute Gasteiger partial charge is 0.325 e. The third kappa shape index (κ3) is 3.29. The minimum Gasteiger partial charge on any atom is -0.325 e. The Morgan fingerprint density at radius 3 is 2.84 bits per heavy atom. The Labute approximate surface area is 110 Å². The molecule has 0 aliphatic rings. The maximum absolute atomic E-state index is 11.6. The van der Waals surface area contributed by atoms with Gasteiger partial charge in [0.05, 0.1) is 18.4 Å². The second kappa shape index (κ2) is 5.96. The van der Waals surface area contributed by atoms with Gasteiger partial charge in [0.1, 0.15) is 11.6 Å². The van der Waals surface area contributed by atoms with Crippen LogP contribution in [0.5, 0.6) is 0 Å². The molecule has 2 aromatic rings. The summed E-state index contributed by atoms with van der Waals surface area (Å²) in [6, 6.07) is 5.21. The maximum atomic E-state index is 11.6. The van der Waals surface area contributed by atoms with Crippen LogP contribution in [0.2, 0.25) is 0 Å². The first-order valence-electron chi connectivity index (χ1n) is 5.84. The second-order valence-electron chi connectivity index (χ2n) is 3.76. The molecule has 100 valence electrons. The predicted molar refractivity (Wildman–Crippen MR) is 69.8 cm³/mol. The molecule has 0 fully saturated rings. The SMILES string of the molecule is CCONC(=O)c1ccc(Nc2ccnn2C)nc1. The molecule has 7 heteroatoms. The van der Waals surface area contributed by atoms with Crippen LogP contribution in [-0.2, 0) is 11.9 Å². The van der Waals surface area contributed by atoms with Crippen LogP contribution in [0.15, 0.2) is 30.6 Å². The zero-order valence-corrected chi connectivity index (χ0v) is 10.8. The van der Waals surface area contributed by atoms with Gasteiger partial charge in [-0.2, -0.15) is 5.10 Å². The van der Waals surface area contributed by atoms with Crippen molar-refractivity contribution in [3.8, 4) is 0 Å². The highest BCUT2D eigenvalue weighted by Crippen LogP contribution is 2.13. The number of amides is 1. The van der Waals surface area contributed by atoms with Crippen LogP contribution in [0.1, 0.15) is 17.3 Å². The summed E-state index contributed by atoms with van der Waals surface area (Å²) in [6.07, 6.45) is 3.17. The fourth-order valence-corrected chi connectivity index (χ4v) is 1.43. The smallest absolute Gasteiger partial charge is 0.276 e. The van der Waals surface area contributed by atoms with Crippen molar-refractivity contribution >= 4 is 17.5 Å². The second-order valence-corrected chi connectivity index (χ2v) is 3.76. The van der Waals surface area contributed by atoms with E-state index in [0.717, 1.165) is 5.82 Å². The summed E-state index contributed by atoms with van der Waals surface area (Å²) in [5.74, 6) is 1.14. The van der Waals surface area contributed by atoms with Gasteiger partial charge >= 0.3 is 0 Å². The summed E-state index contributed by atoms with van der Waals surface area (Å²) >= 11 is 0. The quantitative estimate of drug-likeness (QED) is 0.791. The zero-order chi connectivity index (χ0) is 13.7. The lowest BCUT2D eigenvalue weighted by Gasteiger charge is -2.07. The highest BCUT2D eigenvalue weighted by Gasteiger charge is 2.06. The number of hydrogen-bond acceptors (Lipinski definition) is 5. The number of aryl methyl sites for hydroxylation is 1. The Balaban J connectivity index is 2.02. The summed E-state index contributed by atoms with van der Waals surface area (Å²) in [5.41, 5.74) is 2.74. The molecule has 0 spiro atoms. The van der Waals surface area contributed by atoms with Crippen molar-refractivity contribution in [1.82, 2.24) is 20.2 Å². The number of carbonyl (C=O) groups excluding carboxylic acids is 1. The van der Waals surface area contributed by atoms with Crippen LogP contribution in [0.3, 0.4) is 0 Å². The minimum atomic E-state index is -0.318. The molecular formula is C12H15N5O2. The molecule has 1 amide bonds. The van der Waals surface area contributed by atoms with E-state index in [4.69, 9.17) is 4.84 Å². The number of nitrogens with one attached hydrogen (secondary N) is 2. The number of anilines is 2. The molecule has 0 radical (unpaired) electrons. The molecule has 0 saturated heterocycles. The molecule has 0 atom stereocenters. The van der Waals surface area contributed by atoms with E-state index < -0.39 is 0 Å². The Kier molecular flexibility index (Phi) is 4.09. The van der Waals surface area contributed by atoms with Crippen LogP contribution in [0.4, 0.5) is 11.6 Å². The lowest BCUT2D eigenvalue weighted by Crippen LogP contribution is -2.23. The van der Waals surface area contributed by atoms with E-state index in [2.05, 4.69) is 20.9 Å². The molecule has 0 unspecified atom stereocenters. The highest BCUT2D eigenvalue weighted by atomic mass is 16.6. The fraction of sp³-hybridized carbons (Fsp3) is 0.250. The van der Waals surface area contributed by atoms with Gasteiger partial charge in [0.15, 0.2) is 0 Å². The third-order valence-corrected chi connectivity index (χ3v) is 2.41. The van der Waals surface area contributed by atoms with E-state index in [1.807, 2.05) is 13.1 Å². The van der Waals surface area contributed by atoms with Gasteiger partial charge in [0.2, 0.25) is 0 Å². The summed E-state index contributed by atoms with van der Waals surface area (Å²) in [5, 5.41) is 7.13. The van der Waals surface area contributed by atoms with E-state index in [-0.39, 0.29) is 5.91 Å². The molecule has 0 bridgehead atoms.